The SMILES string of the molecule is COc1c(C(=O)CC2(C(F)(F)F)NCCO2)c(O)c(OC)c2occc12. The lowest BCUT2D eigenvalue weighted by molar-refractivity contribution is -0.269. The smallest absolute Gasteiger partial charge is 0.431 e. The first-order chi connectivity index (χ1) is 12.3. The van der Waals surface area contributed by atoms with E-state index in [-0.39, 0.29) is 35.6 Å². The summed E-state index contributed by atoms with van der Waals surface area (Å²) < 4.78 is 60.6. The van der Waals surface area contributed by atoms with Gasteiger partial charge < -0.3 is 23.7 Å². The molecule has 1 saturated heterocycles. The third kappa shape index (κ3) is 2.65. The number of alkyl halides is 3. The Morgan fingerprint density at radius 1 is 1.35 bits per heavy atom. The van der Waals surface area contributed by atoms with Crippen molar-refractivity contribution in [1.29, 1.82) is 0 Å². The van der Waals surface area contributed by atoms with E-state index in [1.165, 1.54) is 26.5 Å². The van der Waals surface area contributed by atoms with Crippen LogP contribution in [-0.4, -0.2) is 50.2 Å². The van der Waals surface area contributed by atoms with Gasteiger partial charge in [-0.05, 0) is 6.07 Å². The number of phenols is 1. The van der Waals surface area contributed by atoms with Gasteiger partial charge in [0.25, 0.3) is 0 Å². The Labute approximate surface area is 145 Å². The quantitative estimate of drug-likeness (QED) is 0.777. The van der Waals surface area contributed by atoms with Crippen LogP contribution in [0.4, 0.5) is 13.2 Å². The topological polar surface area (TPSA) is 90.2 Å². The van der Waals surface area contributed by atoms with E-state index in [2.05, 4.69) is 5.32 Å². The number of phenolic OH excluding ortho intramolecular Hbond substituents is 1. The normalized spacial score (nSPS) is 20.5. The highest BCUT2D eigenvalue weighted by Crippen LogP contribution is 2.47. The number of ketones is 1. The van der Waals surface area contributed by atoms with Gasteiger partial charge >= 0.3 is 6.18 Å². The molecule has 0 bridgehead atoms. The Kier molecular flexibility index (Phi) is 4.49. The number of aromatic hydroxyl groups is 1. The fourth-order valence-corrected chi connectivity index (χ4v) is 3.03. The van der Waals surface area contributed by atoms with Crippen molar-refractivity contribution in [2.45, 2.75) is 18.3 Å². The molecule has 1 unspecified atom stereocenters. The van der Waals surface area contributed by atoms with Crippen LogP contribution in [0.25, 0.3) is 11.0 Å². The highest BCUT2D eigenvalue weighted by molar-refractivity contribution is 6.09. The van der Waals surface area contributed by atoms with Gasteiger partial charge in [-0.2, -0.15) is 13.2 Å². The summed E-state index contributed by atoms with van der Waals surface area (Å²) >= 11 is 0. The molecular weight excluding hydrogens is 359 g/mol. The molecular formula is C16H16F3NO6. The second-order valence-electron chi connectivity index (χ2n) is 5.65. The van der Waals surface area contributed by atoms with E-state index in [1.54, 1.807) is 0 Å². The van der Waals surface area contributed by atoms with E-state index in [1.807, 2.05) is 0 Å². The number of nitrogens with one attached hydrogen (secondary N) is 1. The summed E-state index contributed by atoms with van der Waals surface area (Å²) in [4.78, 5) is 12.7. The third-order valence-corrected chi connectivity index (χ3v) is 4.21. The van der Waals surface area contributed by atoms with Crippen LogP contribution in [0, 0.1) is 0 Å². The maximum atomic E-state index is 13.5. The largest absolute Gasteiger partial charge is 0.504 e. The van der Waals surface area contributed by atoms with E-state index in [0.29, 0.717) is 0 Å². The van der Waals surface area contributed by atoms with Crippen LogP contribution in [0.5, 0.6) is 17.2 Å². The summed E-state index contributed by atoms with van der Waals surface area (Å²) in [7, 11) is 2.46. The zero-order valence-corrected chi connectivity index (χ0v) is 13.9. The van der Waals surface area contributed by atoms with Gasteiger partial charge in [-0.3, -0.25) is 10.1 Å². The first-order valence-electron chi connectivity index (χ1n) is 7.58. The van der Waals surface area contributed by atoms with Gasteiger partial charge in [0, 0.05) is 6.54 Å². The molecule has 1 aromatic heterocycles. The molecule has 1 fully saturated rings. The van der Waals surface area contributed by atoms with Crippen molar-refractivity contribution in [3.63, 3.8) is 0 Å². The average Bonchev–Trinajstić information content (AvgIpc) is 3.23. The number of carbonyl (C=O) groups excluding carboxylic acids is 1. The predicted octanol–water partition coefficient (Wildman–Crippen LogP) is 2.61. The van der Waals surface area contributed by atoms with Gasteiger partial charge in [-0.1, -0.05) is 0 Å². The Morgan fingerprint density at radius 3 is 2.58 bits per heavy atom. The fourth-order valence-electron chi connectivity index (χ4n) is 3.03. The Bertz CT molecular complexity index is 839. The molecule has 0 aliphatic carbocycles. The standard InChI is InChI=1S/C16H16F3NO6/c1-23-12-8-3-5-25-13(8)14(24-2)11(22)10(12)9(21)7-15(16(17,18)19)20-4-6-26-15/h3,5,20,22H,4,6-7H2,1-2H3. The Morgan fingerprint density at radius 2 is 2.04 bits per heavy atom. The number of Topliss-reactive ketones (excluding diaryl/α,β-unsaturated/α-hetero) is 1. The minimum atomic E-state index is -4.83. The highest BCUT2D eigenvalue weighted by Gasteiger charge is 2.59. The summed E-state index contributed by atoms with van der Waals surface area (Å²) in [6.07, 6.45) is -4.62. The van der Waals surface area contributed by atoms with E-state index >= 15 is 0 Å². The van der Waals surface area contributed by atoms with Gasteiger partial charge in [-0.25, -0.2) is 0 Å². The van der Waals surface area contributed by atoms with Gasteiger partial charge in [0.05, 0.1) is 38.9 Å². The second kappa shape index (κ2) is 6.36. The van der Waals surface area contributed by atoms with Gasteiger partial charge in [0.1, 0.15) is 11.3 Å². The molecule has 2 N–H and O–H groups in total. The molecule has 26 heavy (non-hydrogen) atoms. The first-order valence-corrected chi connectivity index (χ1v) is 7.58. The number of benzene rings is 1. The Balaban J connectivity index is 2.12. The molecule has 1 atom stereocenters. The number of methoxy groups -OCH3 is 2. The summed E-state index contributed by atoms with van der Waals surface area (Å²) in [5, 5.41) is 12.9. The molecule has 1 aliphatic heterocycles. The molecule has 10 heteroatoms. The lowest BCUT2D eigenvalue weighted by atomic mass is 9.97. The second-order valence-corrected chi connectivity index (χ2v) is 5.65. The van der Waals surface area contributed by atoms with Crippen LogP contribution in [-0.2, 0) is 4.74 Å². The maximum absolute atomic E-state index is 13.5. The maximum Gasteiger partial charge on any atom is 0.431 e. The number of rotatable bonds is 5. The van der Waals surface area contributed by atoms with Crippen molar-refractivity contribution >= 4 is 16.8 Å². The van der Waals surface area contributed by atoms with Gasteiger partial charge in [0.2, 0.25) is 11.5 Å². The number of hydrogen-bond acceptors (Lipinski definition) is 7. The predicted molar refractivity (Wildman–Crippen MR) is 82.7 cm³/mol. The zero-order valence-electron chi connectivity index (χ0n) is 13.9. The van der Waals surface area contributed by atoms with Gasteiger partial charge in [0.15, 0.2) is 17.1 Å². The summed E-state index contributed by atoms with van der Waals surface area (Å²) in [5.41, 5.74) is -3.14. The van der Waals surface area contributed by atoms with E-state index in [9.17, 15) is 23.1 Å². The molecule has 7 nitrogen and oxygen atoms in total. The van der Waals surface area contributed by atoms with E-state index in [4.69, 9.17) is 18.6 Å². The minimum absolute atomic E-state index is 0.0556. The summed E-state index contributed by atoms with van der Waals surface area (Å²) in [6.45, 7) is -0.250. The molecule has 142 valence electrons. The first kappa shape index (κ1) is 18.3. The summed E-state index contributed by atoms with van der Waals surface area (Å²) in [6, 6.07) is 1.46. The van der Waals surface area contributed by atoms with Crippen LogP contribution >= 0.6 is 0 Å². The van der Waals surface area contributed by atoms with Crippen LogP contribution < -0.4 is 14.8 Å². The van der Waals surface area contributed by atoms with E-state index in [0.717, 1.165) is 0 Å². The monoisotopic (exact) mass is 375 g/mol. The average molecular weight is 375 g/mol. The number of furan rings is 1. The lowest BCUT2D eigenvalue weighted by Gasteiger charge is -2.30. The fraction of sp³-hybridized carbons (Fsp3) is 0.438. The van der Waals surface area contributed by atoms with Crippen molar-refractivity contribution in [1.82, 2.24) is 5.32 Å². The number of fused-ring (bicyclic) bond motifs is 1. The third-order valence-electron chi connectivity index (χ3n) is 4.21. The molecule has 0 spiro atoms. The number of hydrogen-bond donors (Lipinski definition) is 2. The van der Waals surface area contributed by atoms with Crippen molar-refractivity contribution < 1.29 is 41.7 Å². The molecule has 1 aliphatic rings. The van der Waals surface area contributed by atoms with Crippen molar-refractivity contribution in [3.05, 3.63) is 17.9 Å². The van der Waals surface area contributed by atoms with Crippen molar-refractivity contribution in [2.24, 2.45) is 0 Å². The number of carbonyl (C=O) groups is 1. The molecule has 0 radical (unpaired) electrons. The minimum Gasteiger partial charge on any atom is -0.504 e. The molecule has 1 aromatic carbocycles. The number of halogens is 3. The molecule has 2 aromatic rings. The van der Waals surface area contributed by atoms with Crippen LogP contribution in [0.2, 0.25) is 0 Å². The molecule has 2 heterocycles. The molecule has 3 rings (SSSR count). The lowest BCUT2D eigenvalue weighted by Crippen LogP contribution is -2.55. The zero-order chi connectivity index (χ0) is 19.1. The Hall–Kier alpha value is -2.46. The highest BCUT2D eigenvalue weighted by atomic mass is 19.4. The van der Waals surface area contributed by atoms with Crippen LogP contribution in [0.3, 0.4) is 0 Å². The van der Waals surface area contributed by atoms with E-state index < -0.39 is 35.4 Å². The number of ether oxygens (including phenoxy) is 3. The summed E-state index contributed by atoms with van der Waals surface area (Å²) in [5.74, 6) is -1.96. The van der Waals surface area contributed by atoms with Crippen molar-refractivity contribution in [2.75, 3.05) is 27.4 Å². The van der Waals surface area contributed by atoms with Crippen LogP contribution in [0.1, 0.15) is 16.8 Å². The molecule has 0 saturated carbocycles. The van der Waals surface area contributed by atoms with Gasteiger partial charge in [-0.15, -0.1) is 0 Å². The van der Waals surface area contributed by atoms with Crippen molar-refractivity contribution in [3.8, 4) is 17.2 Å². The van der Waals surface area contributed by atoms with Crippen LogP contribution in [0.15, 0.2) is 16.7 Å². The molecule has 0 amide bonds.